The molecule has 1 aromatic rings. The summed E-state index contributed by atoms with van der Waals surface area (Å²) in [7, 11) is 0. The zero-order valence-electron chi connectivity index (χ0n) is 10.5. The van der Waals surface area contributed by atoms with Gasteiger partial charge in [-0.15, -0.1) is 11.8 Å². The Kier molecular flexibility index (Phi) is 6.01. The highest BCUT2D eigenvalue weighted by Gasteiger charge is 2.13. The minimum absolute atomic E-state index is 0.0358. The maximum atomic E-state index is 11.7. The van der Waals surface area contributed by atoms with E-state index in [0.29, 0.717) is 5.69 Å². The van der Waals surface area contributed by atoms with Crippen molar-refractivity contribution in [3.05, 3.63) is 29.8 Å². The van der Waals surface area contributed by atoms with Crippen LogP contribution in [0, 0.1) is 0 Å². The van der Waals surface area contributed by atoms with Crippen LogP contribution in [0.5, 0.6) is 0 Å². The SMILES string of the molecule is NC(=O)c1ccccc1NC(=O)CSC[C@@H](N)C(=O)O. The summed E-state index contributed by atoms with van der Waals surface area (Å²) in [6.45, 7) is 0. The summed E-state index contributed by atoms with van der Waals surface area (Å²) in [5.41, 5.74) is 11.0. The Morgan fingerprint density at radius 2 is 1.95 bits per heavy atom. The van der Waals surface area contributed by atoms with Crippen LogP contribution < -0.4 is 16.8 Å². The molecule has 0 saturated carbocycles. The minimum Gasteiger partial charge on any atom is -0.480 e. The standard InChI is InChI=1S/C12H15N3O4S/c13-8(12(18)19)5-20-6-10(16)15-9-4-2-1-3-7(9)11(14)17/h1-4,8H,5-6,13H2,(H2,14,17)(H,15,16)(H,18,19)/t8-/m1/s1. The van der Waals surface area contributed by atoms with Crippen LogP contribution in [-0.2, 0) is 9.59 Å². The van der Waals surface area contributed by atoms with E-state index in [-0.39, 0.29) is 23.0 Å². The van der Waals surface area contributed by atoms with Gasteiger partial charge in [0.05, 0.1) is 17.0 Å². The van der Waals surface area contributed by atoms with Crippen molar-refractivity contribution in [1.82, 2.24) is 0 Å². The van der Waals surface area contributed by atoms with Crippen molar-refractivity contribution in [1.29, 1.82) is 0 Å². The third-order valence-electron chi connectivity index (χ3n) is 2.31. The lowest BCUT2D eigenvalue weighted by Gasteiger charge is -2.09. The van der Waals surface area contributed by atoms with Gasteiger partial charge < -0.3 is 21.9 Å². The number of rotatable bonds is 7. The molecule has 0 saturated heterocycles. The Morgan fingerprint density at radius 1 is 1.30 bits per heavy atom. The van der Waals surface area contributed by atoms with Crippen LogP contribution >= 0.6 is 11.8 Å². The molecule has 0 bridgehead atoms. The van der Waals surface area contributed by atoms with E-state index in [2.05, 4.69) is 5.32 Å². The lowest BCUT2D eigenvalue weighted by atomic mass is 10.1. The molecule has 0 heterocycles. The topological polar surface area (TPSA) is 136 Å². The molecule has 6 N–H and O–H groups in total. The lowest BCUT2D eigenvalue weighted by Crippen LogP contribution is -2.33. The van der Waals surface area contributed by atoms with Gasteiger partial charge in [0.1, 0.15) is 6.04 Å². The number of aliphatic carboxylic acids is 1. The fourth-order valence-corrected chi connectivity index (χ4v) is 2.12. The quantitative estimate of drug-likeness (QED) is 0.553. The maximum absolute atomic E-state index is 11.7. The molecule has 2 amide bonds. The van der Waals surface area contributed by atoms with Crippen LogP contribution in [0.25, 0.3) is 0 Å². The highest BCUT2D eigenvalue weighted by Crippen LogP contribution is 2.14. The molecule has 1 aromatic carbocycles. The summed E-state index contributed by atoms with van der Waals surface area (Å²) in [4.78, 5) is 33.3. The van der Waals surface area contributed by atoms with E-state index >= 15 is 0 Å². The fraction of sp³-hybridized carbons (Fsp3) is 0.250. The van der Waals surface area contributed by atoms with Gasteiger partial charge in [-0.05, 0) is 12.1 Å². The van der Waals surface area contributed by atoms with Gasteiger partial charge in [0.2, 0.25) is 5.91 Å². The number of benzene rings is 1. The second-order valence-electron chi connectivity index (χ2n) is 3.92. The van der Waals surface area contributed by atoms with Gasteiger partial charge in [-0.25, -0.2) is 0 Å². The second-order valence-corrected chi connectivity index (χ2v) is 4.95. The highest BCUT2D eigenvalue weighted by molar-refractivity contribution is 8.00. The zero-order chi connectivity index (χ0) is 15.1. The summed E-state index contributed by atoms with van der Waals surface area (Å²) in [6.07, 6.45) is 0. The van der Waals surface area contributed by atoms with Gasteiger partial charge >= 0.3 is 5.97 Å². The molecule has 20 heavy (non-hydrogen) atoms. The Bertz CT molecular complexity index is 521. The van der Waals surface area contributed by atoms with Crippen molar-refractivity contribution >= 4 is 35.2 Å². The van der Waals surface area contributed by atoms with Crippen molar-refractivity contribution in [2.24, 2.45) is 11.5 Å². The molecule has 0 aliphatic rings. The average Bonchev–Trinajstić information content (AvgIpc) is 2.38. The number of anilines is 1. The number of hydrogen-bond donors (Lipinski definition) is 4. The number of nitrogens with one attached hydrogen (secondary N) is 1. The number of carboxylic acid groups (broad SMARTS) is 1. The van der Waals surface area contributed by atoms with Crippen molar-refractivity contribution < 1.29 is 19.5 Å². The molecule has 8 heteroatoms. The first-order chi connectivity index (χ1) is 9.41. The third-order valence-corrected chi connectivity index (χ3v) is 3.38. The van der Waals surface area contributed by atoms with E-state index < -0.39 is 17.9 Å². The van der Waals surface area contributed by atoms with Crippen LogP contribution in [-0.4, -0.2) is 40.4 Å². The molecule has 0 aliphatic carbocycles. The Balaban J connectivity index is 2.51. The van der Waals surface area contributed by atoms with E-state index in [1.54, 1.807) is 18.2 Å². The summed E-state index contributed by atoms with van der Waals surface area (Å²) < 4.78 is 0. The largest absolute Gasteiger partial charge is 0.480 e. The number of carboxylic acids is 1. The molecule has 1 rings (SSSR count). The number of thioether (sulfide) groups is 1. The van der Waals surface area contributed by atoms with Gasteiger partial charge in [0, 0.05) is 5.75 Å². The molecule has 0 unspecified atom stereocenters. The molecule has 108 valence electrons. The third kappa shape index (κ3) is 4.90. The summed E-state index contributed by atoms with van der Waals surface area (Å²) >= 11 is 1.10. The molecule has 7 nitrogen and oxygen atoms in total. The maximum Gasteiger partial charge on any atom is 0.321 e. The van der Waals surface area contributed by atoms with Crippen molar-refractivity contribution in [3.63, 3.8) is 0 Å². The van der Waals surface area contributed by atoms with Gasteiger partial charge in [0.25, 0.3) is 5.91 Å². The number of nitrogens with two attached hydrogens (primary N) is 2. The van der Waals surface area contributed by atoms with E-state index in [1.165, 1.54) is 6.07 Å². The minimum atomic E-state index is -1.11. The van der Waals surface area contributed by atoms with Crippen LogP contribution in [0.4, 0.5) is 5.69 Å². The molecular formula is C12H15N3O4S. The predicted octanol–water partition coefficient (Wildman–Crippen LogP) is -0.131. The molecule has 0 radical (unpaired) electrons. The fourth-order valence-electron chi connectivity index (χ4n) is 1.34. The van der Waals surface area contributed by atoms with E-state index in [0.717, 1.165) is 11.8 Å². The molecule has 0 fully saturated rings. The molecule has 0 aromatic heterocycles. The van der Waals surface area contributed by atoms with Crippen LogP contribution in [0.3, 0.4) is 0 Å². The molecule has 0 aliphatic heterocycles. The van der Waals surface area contributed by atoms with Crippen molar-refractivity contribution in [2.45, 2.75) is 6.04 Å². The van der Waals surface area contributed by atoms with Crippen LogP contribution in [0.2, 0.25) is 0 Å². The van der Waals surface area contributed by atoms with Crippen LogP contribution in [0.15, 0.2) is 24.3 Å². The summed E-state index contributed by atoms with van der Waals surface area (Å²) in [5, 5.41) is 11.1. The second kappa shape index (κ2) is 7.51. The van der Waals surface area contributed by atoms with Gasteiger partial charge in [0.15, 0.2) is 0 Å². The number of hydrogen-bond acceptors (Lipinski definition) is 5. The Labute approximate surface area is 119 Å². The number of para-hydroxylation sites is 1. The first-order valence-corrected chi connectivity index (χ1v) is 6.82. The van der Waals surface area contributed by atoms with Crippen molar-refractivity contribution in [2.75, 3.05) is 16.8 Å². The van der Waals surface area contributed by atoms with E-state index in [1.807, 2.05) is 0 Å². The molecule has 0 spiro atoms. The van der Waals surface area contributed by atoms with Gasteiger partial charge in [-0.3, -0.25) is 14.4 Å². The molecule has 1 atom stereocenters. The summed E-state index contributed by atoms with van der Waals surface area (Å²) in [6, 6.07) is 5.36. The Hall–Kier alpha value is -2.06. The molecular weight excluding hydrogens is 282 g/mol. The van der Waals surface area contributed by atoms with Crippen LogP contribution in [0.1, 0.15) is 10.4 Å². The number of carbonyl (C=O) groups is 3. The van der Waals surface area contributed by atoms with Gasteiger partial charge in [-0.1, -0.05) is 12.1 Å². The number of amides is 2. The van der Waals surface area contributed by atoms with Crippen molar-refractivity contribution in [3.8, 4) is 0 Å². The zero-order valence-corrected chi connectivity index (χ0v) is 11.4. The lowest BCUT2D eigenvalue weighted by molar-refractivity contribution is -0.137. The first kappa shape index (κ1) is 16.0. The monoisotopic (exact) mass is 297 g/mol. The predicted molar refractivity (Wildman–Crippen MR) is 76.5 cm³/mol. The first-order valence-electron chi connectivity index (χ1n) is 5.66. The average molecular weight is 297 g/mol. The summed E-state index contributed by atoms with van der Waals surface area (Å²) in [5.74, 6) is -1.95. The van der Waals surface area contributed by atoms with E-state index in [4.69, 9.17) is 16.6 Å². The number of carbonyl (C=O) groups excluding carboxylic acids is 2. The normalized spacial score (nSPS) is 11.7. The number of primary amides is 1. The highest BCUT2D eigenvalue weighted by atomic mass is 32.2. The Morgan fingerprint density at radius 3 is 2.55 bits per heavy atom. The van der Waals surface area contributed by atoms with Gasteiger partial charge in [-0.2, -0.15) is 0 Å². The van der Waals surface area contributed by atoms with E-state index in [9.17, 15) is 14.4 Å². The smallest absolute Gasteiger partial charge is 0.321 e.